The molecule has 0 radical (unpaired) electrons. The molecule has 0 atom stereocenters. The largest absolute Gasteiger partial charge is 0.484 e. The van der Waals surface area contributed by atoms with Crippen LogP contribution < -0.4 is 15.4 Å². The Bertz CT molecular complexity index is 1040. The second-order valence-corrected chi connectivity index (χ2v) is 8.10. The van der Waals surface area contributed by atoms with E-state index in [1.54, 1.807) is 0 Å². The van der Waals surface area contributed by atoms with Crippen molar-refractivity contribution in [2.24, 2.45) is 0 Å². The van der Waals surface area contributed by atoms with E-state index in [1.165, 1.54) is 30.5 Å². The fourth-order valence-electron chi connectivity index (χ4n) is 4.10. The van der Waals surface area contributed by atoms with Gasteiger partial charge < -0.3 is 20.5 Å². The van der Waals surface area contributed by atoms with E-state index in [2.05, 4.69) is 15.6 Å². The van der Waals surface area contributed by atoms with Gasteiger partial charge in [0.1, 0.15) is 17.3 Å². The summed E-state index contributed by atoms with van der Waals surface area (Å²) in [4.78, 5) is 39.2. The molecule has 10 heteroatoms. The van der Waals surface area contributed by atoms with Gasteiger partial charge in [-0.25, -0.2) is 14.2 Å². The first-order valence-corrected chi connectivity index (χ1v) is 9.48. The molecule has 0 aliphatic heterocycles. The average Bonchev–Trinajstić information content (AvgIpc) is 2.66. The molecular weight excluding hydrogens is 417 g/mol. The number of carboxylic acids is 1. The van der Waals surface area contributed by atoms with Crippen LogP contribution in [0.2, 0.25) is 5.02 Å². The SMILES string of the molecule is O=C(COc1ccc(Cl)c(F)c1)NC12CC(NC(=O)c3ccnc(C(=O)O)c3)(C1)C2. The Balaban J connectivity index is 1.26. The molecule has 1 heterocycles. The van der Waals surface area contributed by atoms with Crippen LogP contribution in [0.5, 0.6) is 5.75 Å². The third kappa shape index (κ3) is 3.80. The first kappa shape index (κ1) is 20.1. The zero-order chi connectivity index (χ0) is 21.5. The number of rotatable bonds is 7. The lowest BCUT2D eigenvalue weighted by Gasteiger charge is -2.70. The second-order valence-electron chi connectivity index (χ2n) is 7.69. The van der Waals surface area contributed by atoms with Gasteiger partial charge in [-0.05, 0) is 43.5 Å². The van der Waals surface area contributed by atoms with Crippen LogP contribution in [0.3, 0.4) is 0 Å². The van der Waals surface area contributed by atoms with Gasteiger partial charge in [0.15, 0.2) is 6.61 Å². The smallest absolute Gasteiger partial charge is 0.354 e. The molecule has 0 spiro atoms. The summed E-state index contributed by atoms with van der Waals surface area (Å²) in [5.41, 5.74) is -0.779. The van der Waals surface area contributed by atoms with Crippen molar-refractivity contribution in [3.63, 3.8) is 0 Å². The Kier molecular flexibility index (Phi) is 4.85. The molecule has 8 nitrogen and oxygen atoms in total. The number of nitrogens with zero attached hydrogens (tertiary/aromatic N) is 1. The summed E-state index contributed by atoms with van der Waals surface area (Å²) in [6.07, 6.45) is 2.99. The zero-order valence-electron chi connectivity index (χ0n) is 15.6. The molecule has 2 aromatic rings. The molecule has 3 fully saturated rings. The van der Waals surface area contributed by atoms with Crippen LogP contribution in [0, 0.1) is 5.82 Å². The number of carbonyl (C=O) groups is 3. The Hall–Kier alpha value is -3.20. The van der Waals surface area contributed by atoms with Crippen LogP contribution >= 0.6 is 11.6 Å². The van der Waals surface area contributed by atoms with Crippen molar-refractivity contribution in [2.75, 3.05) is 6.61 Å². The van der Waals surface area contributed by atoms with Gasteiger partial charge in [-0.2, -0.15) is 0 Å². The number of aromatic carboxylic acids is 1. The maximum atomic E-state index is 13.4. The van der Waals surface area contributed by atoms with Crippen molar-refractivity contribution in [1.29, 1.82) is 0 Å². The highest BCUT2D eigenvalue weighted by atomic mass is 35.5. The van der Waals surface area contributed by atoms with Crippen molar-refractivity contribution in [3.05, 3.63) is 58.6 Å². The van der Waals surface area contributed by atoms with Crippen LogP contribution in [0.15, 0.2) is 36.5 Å². The van der Waals surface area contributed by atoms with E-state index >= 15 is 0 Å². The fraction of sp³-hybridized carbons (Fsp3) is 0.300. The first-order chi connectivity index (χ1) is 14.2. The number of carbonyl (C=O) groups excluding carboxylic acids is 2. The molecule has 3 aliphatic carbocycles. The van der Waals surface area contributed by atoms with Gasteiger partial charge in [-0.3, -0.25) is 9.59 Å². The van der Waals surface area contributed by atoms with E-state index in [0.29, 0.717) is 19.3 Å². The third-order valence-corrected chi connectivity index (χ3v) is 5.62. The summed E-state index contributed by atoms with van der Waals surface area (Å²) >= 11 is 5.60. The van der Waals surface area contributed by atoms with Crippen molar-refractivity contribution in [3.8, 4) is 5.75 Å². The molecule has 156 valence electrons. The van der Waals surface area contributed by atoms with Crippen LogP contribution in [0.1, 0.15) is 40.1 Å². The predicted octanol–water partition coefficient (Wildman–Crippen LogP) is 2.17. The van der Waals surface area contributed by atoms with Crippen LogP contribution in [-0.2, 0) is 4.79 Å². The first-order valence-electron chi connectivity index (χ1n) is 9.10. The Morgan fingerprint density at radius 3 is 2.50 bits per heavy atom. The van der Waals surface area contributed by atoms with Crippen molar-refractivity contribution in [1.82, 2.24) is 15.6 Å². The van der Waals surface area contributed by atoms with Crippen molar-refractivity contribution >= 4 is 29.4 Å². The summed E-state index contributed by atoms with van der Waals surface area (Å²) in [6.45, 7) is -0.267. The lowest BCUT2D eigenvalue weighted by molar-refractivity contribution is -0.141. The molecular formula is C20H17ClFN3O5. The molecule has 1 aromatic heterocycles. The highest BCUT2D eigenvalue weighted by molar-refractivity contribution is 6.30. The van der Waals surface area contributed by atoms with E-state index in [1.807, 2.05) is 0 Å². The minimum absolute atomic E-state index is 0.0287. The normalized spacial score (nSPS) is 23.5. The molecule has 2 amide bonds. The standard InChI is InChI=1S/C20H17ClFN3O5/c21-13-2-1-12(6-14(13)22)30-7-16(26)24-19-8-20(9-19,10-19)25-17(27)11-3-4-23-15(5-11)18(28)29/h1-6H,7-10H2,(H,24,26)(H,25,27)(H,28,29). The van der Waals surface area contributed by atoms with Crippen LogP contribution in [0.4, 0.5) is 4.39 Å². The summed E-state index contributed by atoms with van der Waals surface area (Å²) in [5.74, 6) is -2.36. The topological polar surface area (TPSA) is 118 Å². The molecule has 2 bridgehead atoms. The van der Waals surface area contributed by atoms with Gasteiger partial charge in [0, 0.05) is 28.9 Å². The maximum Gasteiger partial charge on any atom is 0.354 e. The highest BCUT2D eigenvalue weighted by Gasteiger charge is 2.69. The van der Waals surface area contributed by atoms with Gasteiger partial charge in [0.05, 0.1) is 5.02 Å². The molecule has 3 saturated carbocycles. The van der Waals surface area contributed by atoms with Crippen LogP contribution in [0.25, 0.3) is 0 Å². The number of carboxylic acid groups (broad SMARTS) is 1. The number of ether oxygens (including phenoxy) is 1. The lowest BCUT2D eigenvalue weighted by Crippen LogP contribution is -2.84. The van der Waals surface area contributed by atoms with Gasteiger partial charge in [0.2, 0.25) is 0 Å². The summed E-state index contributed by atoms with van der Waals surface area (Å²) in [6, 6.07) is 6.59. The van der Waals surface area contributed by atoms with E-state index < -0.39 is 17.3 Å². The van der Waals surface area contributed by atoms with Gasteiger partial charge in [-0.1, -0.05) is 11.6 Å². The number of hydrogen-bond acceptors (Lipinski definition) is 5. The van der Waals surface area contributed by atoms with Crippen LogP contribution in [-0.4, -0.2) is 45.6 Å². The van der Waals surface area contributed by atoms with Crippen molar-refractivity contribution < 1.29 is 28.6 Å². The summed E-state index contributed by atoms with van der Waals surface area (Å²) in [5, 5.41) is 14.8. The van der Waals surface area contributed by atoms with Gasteiger partial charge >= 0.3 is 5.97 Å². The quantitative estimate of drug-likeness (QED) is 0.616. The highest BCUT2D eigenvalue weighted by Crippen LogP contribution is 2.60. The zero-order valence-corrected chi connectivity index (χ0v) is 16.3. The molecule has 3 aliphatic rings. The van der Waals surface area contributed by atoms with E-state index in [0.717, 1.165) is 6.07 Å². The molecule has 1 aromatic carbocycles. The molecule has 0 unspecified atom stereocenters. The fourth-order valence-corrected chi connectivity index (χ4v) is 4.22. The molecule has 30 heavy (non-hydrogen) atoms. The molecule has 0 saturated heterocycles. The number of amides is 2. The summed E-state index contributed by atoms with van der Waals surface area (Å²) < 4.78 is 18.7. The Morgan fingerprint density at radius 1 is 1.13 bits per heavy atom. The average molecular weight is 434 g/mol. The molecule has 3 N–H and O–H groups in total. The van der Waals surface area contributed by atoms with Gasteiger partial charge in [-0.15, -0.1) is 0 Å². The Morgan fingerprint density at radius 2 is 1.83 bits per heavy atom. The number of benzene rings is 1. The lowest BCUT2D eigenvalue weighted by atomic mass is 9.44. The van der Waals surface area contributed by atoms with E-state index in [4.69, 9.17) is 21.4 Å². The Labute approximate surface area is 175 Å². The maximum absolute atomic E-state index is 13.4. The number of nitrogens with one attached hydrogen (secondary N) is 2. The minimum Gasteiger partial charge on any atom is -0.484 e. The third-order valence-electron chi connectivity index (χ3n) is 5.32. The van der Waals surface area contributed by atoms with Crippen molar-refractivity contribution in [2.45, 2.75) is 30.3 Å². The van der Waals surface area contributed by atoms with E-state index in [-0.39, 0.29) is 46.0 Å². The number of pyridine rings is 1. The van der Waals surface area contributed by atoms with Gasteiger partial charge in [0.25, 0.3) is 11.8 Å². The van der Waals surface area contributed by atoms with E-state index in [9.17, 15) is 18.8 Å². The predicted molar refractivity (Wildman–Crippen MR) is 103 cm³/mol. The summed E-state index contributed by atoms with van der Waals surface area (Å²) in [7, 11) is 0. The molecule has 5 rings (SSSR count). The second kappa shape index (κ2) is 7.24. The minimum atomic E-state index is -1.21. The number of aromatic nitrogens is 1. The number of halogens is 2. The number of hydrogen-bond donors (Lipinski definition) is 3. The monoisotopic (exact) mass is 433 g/mol.